The van der Waals surface area contributed by atoms with Crippen LogP contribution in [0.2, 0.25) is 0 Å². The van der Waals surface area contributed by atoms with Crippen molar-refractivity contribution in [3.63, 3.8) is 0 Å². The predicted octanol–water partition coefficient (Wildman–Crippen LogP) is -0.126. The third kappa shape index (κ3) is 9.32. The van der Waals surface area contributed by atoms with E-state index < -0.39 is 0 Å². The number of rotatable bonds is 0. The monoisotopic (exact) mass is 221 g/mol. The van der Waals surface area contributed by atoms with Gasteiger partial charge in [0.2, 0.25) is 0 Å². The van der Waals surface area contributed by atoms with Crippen molar-refractivity contribution in [1.82, 2.24) is 0 Å². The van der Waals surface area contributed by atoms with Gasteiger partial charge in [-0.1, -0.05) is 0 Å². The van der Waals surface area contributed by atoms with E-state index in [1.165, 1.54) is 0 Å². The first kappa shape index (κ1) is 17.3. The van der Waals surface area contributed by atoms with Crippen LogP contribution in [0.15, 0.2) is 0 Å². The second-order valence-corrected chi connectivity index (χ2v) is 0. The van der Waals surface area contributed by atoms with Gasteiger partial charge in [0.05, 0.1) is 0 Å². The van der Waals surface area contributed by atoms with Crippen LogP contribution in [0, 0.1) is 0 Å². The summed E-state index contributed by atoms with van der Waals surface area (Å²) in [5.74, 6) is 0. The van der Waals surface area contributed by atoms with E-state index in [0.717, 1.165) is 0 Å². The van der Waals surface area contributed by atoms with Crippen molar-refractivity contribution < 1.29 is 62.8 Å². The third-order valence-electron chi connectivity index (χ3n) is 0. The Morgan fingerprint density at radius 2 is 1.25 bits per heavy atom. The van der Waals surface area contributed by atoms with Crippen LogP contribution < -0.4 is 0 Å². The van der Waals surface area contributed by atoms with Gasteiger partial charge in [-0.3, -0.25) is 0 Å². The second kappa shape index (κ2) is 22.2. The van der Waals surface area contributed by atoms with Crippen LogP contribution in [0.1, 0.15) is 0 Å². The predicted molar refractivity (Wildman–Crippen MR) is 0.686 cm³/mol. The zero-order valence-corrected chi connectivity index (χ0v) is 6.20. The van der Waals surface area contributed by atoms with E-state index in [1.54, 1.807) is 0 Å². The molecule has 0 aromatic carbocycles. The van der Waals surface area contributed by atoms with Gasteiger partial charge in [0, 0.05) is 43.0 Å². The van der Waals surface area contributed by atoms with E-state index in [2.05, 4.69) is 0 Å². The minimum atomic E-state index is 0. The van der Waals surface area contributed by atoms with Gasteiger partial charge in [-0.05, 0) is 0 Å². The standard InChI is InChI=1S/Co.Fe.O.Zr. The molecule has 0 spiro atoms. The molecule has 0 fully saturated rings. The zero-order valence-electron chi connectivity index (χ0n) is 1.60. The molecule has 1 radical (unpaired) electrons. The summed E-state index contributed by atoms with van der Waals surface area (Å²) < 4.78 is 8.00. The van der Waals surface area contributed by atoms with Gasteiger partial charge in [0.15, 0.2) is 0 Å². The van der Waals surface area contributed by atoms with E-state index in [4.69, 9.17) is 3.83 Å². The molecule has 0 heterocycles. The van der Waals surface area contributed by atoms with E-state index in [1.807, 2.05) is 15.9 Å². The van der Waals surface area contributed by atoms with Gasteiger partial charge in [-0.2, -0.15) is 0 Å². The van der Waals surface area contributed by atoms with Gasteiger partial charge in [0.25, 0.3) is 0 Å². The summed E-state index contributed by atoms with van der Waals surface area (Å²) >= 11 is 2.00. The Morgan fingerprint density at radius 3 is 1.25 bits per heavy atom. The molecule has 0 unspecified atom stereocenters. The second-order valence-electron chi connectivity index (χ2n) is 0. The summed E-state index contributed by atoms with van der Waals surface area (Å²) in [5, 5.41) is 0. The summed E-state index contributed by atoms with van der Waals surface area (Å²) in [7, 11) is 0. The molecule has 0 aliphatic rings. The molecule has 0 aliphatic heterocycles. The van der Waals surface area contributed by atoms with Crippen molar-refractivity contribution in [2.45, 2.75) is 0 Å². The molecule has 0 saturated heterocycles. The molecule has 0 saturated carbocycles. The maximum Gasteiger partial charge on any atom is 0 e. The van der Waals surface area contributed by atoms with Crippen LogP contribution in [0.25, 0.3) is 0 Å². The topological polar surface area (TPSA) is 17.1 Å². The summed E-state index contributed by atoms with van der Waals surface area (Å²) in [5.41, 5.74) is 0. The Bertz CT molecular complexity index is 8.00. The molecule has 0 aliphatic carbocycles. The zero-order chi connectivity index (χ0) is 2.00. The van der Waals surface area contributed by atoms with Crippen LogP contribution in [0.5, 0.6) is 0 Å². The Kier molecular flexibility index (Phi) is 95.6. The first-order valence-corrected chi connectivity index (χ1v) is 0.595. The molecule has 27 valence electrons. The summed E-state index contributed by atoms with van der Waals surface area (Å²) in [4.78, 5) is 0. The van der Waals surface area contributed by atoms with Gasteiger partial charge >= 0.3 is 19.8 Å². The number of hydrogen-bond acceptors (Lipinski definition) is 1. The summed E-state index contributed by atoms with van der Waals surface area (Å²) in [6.07, 6.45) is 0. The Labute approximate surface area is 62.2 Å². The van der Waals surface area contributed by atoms with E-state index in [9.17, 15) is 0 Å². The molecule has 4 heteroatoms. The minimum absolute atomic E-state index is 0. The Balaban J connectivity index is -0.00000000500. The molecule has 1 nitrogen and oxygen atoms in total. The molecule has 4 heavy (non-hydrogen) atoms. The van der Waals surface area contributed by atoms with Gasteiger partial charge in [-0.15, -0.1) is 0 Å². The van der Waals surface area contributed by atoms with Crippen molar-refractivity contribution in [1.29, 1.82) is 0 Å². The average molecular weight is 222 g/mol. The minimum Gasteiger partial charge on any atom is 0 e. The van der Waals surface area contributed by atoms with Crippen LogP contribution in [-0.2, 0) is 62.8 Å². The van der Waals surface area contributed by atoms with Gasteiger partial charge in [0.1, 0.15) is 0 Å². The first-order chi connectivity index (χ1) is 1.00. The van der Waals surface area contributed by atoms with Crippen molar-refractivity contribution in [3.05, 3.63) is 0 Å². The molecule has 0 amide bonds. The molecular weight excluding hydrogens is 222 g/mol. The molecule has 0 atom stereocenters. The normalized spacial score (nSPS) is 1.25. The molecule has 0 aromatic rings. The third-order valence-corrected chi connectivity index (χ3v) is 0. The molecule has 0 bridgehead atoms. The Hall–Kier alpha value is 1.71. The summed E-state index contributed by atoms with van der Waals surface area (Å²) in [6.45, 7) is 0. The summed E-state index contributed by atoms with van der Waals surface area (Å²) in [6, 6.07) is 0. The van der Waals surface area contributed by atoms with Crippen LogP contribution in [0.3, 0.4) is 0 Å². The quantitative estimate of drug-likeness (QED) is 0.522. The fraction of sp³-hybridized carbons (Fsp3) is 0. The van der Waals surface area contributed by atoms with Crippen LogP contribution in [0.4, 0.5) is 0 Å². The fourth-order valence-corrected chi connectivity index (χ4v) is 0. The maximum absolute atomic E-state index is 8.00. The van der Waals surface area contributed by atoms with Crippen molar-refractivity contribution in [2.75, 3.05) is 0 Å². The van der Waals surface area contributed by atoms with Crippen LogP contribution >= 0.6 is 0 Å². The largest absolute Gasteiger partial charge is 0 e. The SMILES string of the molecule is [Co].[O]=[Fe].[Zr]. The number of hydrogen-bond donors (Lipinski definition) is 0. The smallest absolute Gasteiger partial charge is 0 e. The molecular formula is CoFeOZr. The van der Waals surface area contributed by atoms with Gasteiger partial charge in [-0.25, -0.2) is 0 Å². The van der Waals surface area contributed by atoms with Crippen molar-refractivity contribution in [2.24, 2.45) is 0 Å². The van der Waals surface area contributed by atoms with Crippen molar-refractivity contribution >= 4 is 0 Å². The first-order valence-electron chi connectivity index (χ1n) is 0.144. The van der Waals surface area contributed by atoms with Crippen LogP contribution in [-0.4, -0.2) is 0 Å². The maximum atomic E-state index is 8.00. The van der Waals surface area contributed by atoms with E-state index in [-0.39, 0.29) is 43.0 Å². The van der Waals surface area contributed by atoms with E-state index >= 15 is 0 Å². The Morgan fingerprint density at radius 1 is 1.25 bits per heavy atom. The average Bonchev–Trinajstić information content (AvgIpc) is 1.00. The molecule has 0 rings (SSSR count). The molecule has 0 N–H and O–H groups in total. The van der Waals surface area contributed by atoms with Gasteiger partial charge < -0.3 is 0 Å². The van der Waals surface area contributed by atoms with E-state index in [0.29, 0.717) is 0 Å². The molecule has 0 aromatic heterocycles. The fourth-order valence-electron chi connectivity index (χ4n) is 0. The van der Waals surface area contributed by atoms with Crippen molar-refractivity contribution in [3.8, 4) is 0 Å².